The molecule has 0 saturated heterocycles. The van der Waals surface area contributed by atoms with Crippen LogP contribution in [0.25, 0.3) is 11.0 Å². The summed E-state index contributed by atoms with van der Waals surface area (Å²) in [6.07, 6.45) is 3.97. The van der Waals surface area contributed by atoms with Crippen molar-refractivity contribution in [1.29, 1.82) is 0 Å². The first-order valence-corrected chi connectivity index (χ1v) is 8.36. The maximum atomic E-state index is 11.6. The summed E-state index contributed by atoms with van der Waals surface area (Å²) in [7, 11) is -3.52. The van der Waals surface area contributed by atoms with E-state index in [2.05, 4.69) is 15.1 Å². The molecule has 0 radical (unpaired) electrons. The van der Waals surface area contributed by atoms with Gasteiger partial charge in [-0.25, -0.2) is 18.1 Å². The Bertz CT molecular complexity index is 995. The van der Waals surface area contributed by atoms with Crippen LogP contribution >= 0.6 is 0 Å². The van der Waals surface area contributed by atoms with Gasteiger partial charge >= 0.3 is 0 Å². The number of nitrogens with zero attached hydrogens (tertiary/aromatic N) is 5. The number of rotatable bonds is 4. The topological polar surface area (TPSA) is 121 Å². The van der Waals surface area contributed by atoms with Crippen molar-refractivity contribution in [1.82, 2.24) is 19.7 Å². The van der Waals surface area contributed by atoms with Gasteiger partial charge in [0.15, 0.2) is 5.65 Å². The second kappa shape index (κ2) is 5.39. The molecule has 0 spiro atoms. The maximum Gasteiger partial charge on any atom is 0.269 e. The predicted octanol–water partition coefficient (Wildman–Crippen LogP) is 1.19. The molecule has 2 heterocycles. The largest absolute Gasteiger partial charge is 0.269 e. The summed E-state index contributed by atoms with van der Waals surface area (Å²) in [5.41, 5.74) is 1.17. The molecule has 118 valence electrons. The van der Waals surface area contributed by atoms with E-state index in [0.717, 1.165) is 11.8 Å². The maximum absolute atomic E-state index is 11.6. The van der Waals surface area contributed by atoms with E-state index in [1.165, 1.54) is 29.2 Å². The van der Waals surface area contributed by atoms with Gasteiger partial charge in [-0.3, -0.25) is 10.1 Å². The number of benzene rings is 1. The van der Waals surface area contributed by atoms with Crippen molar-refractivity contribution in [3.63, 3.8) is 0 Å². The number of aromatic nitrogens is 4. The molecule has 0 amide bonds. The fourth-order valence-electron chi connectivity index (χ4n) is 2.04. The lowest BCUT2D eigenvalue weighted by molar-refractivity contribution is -0.384. The Labute approximate surface area is 130 Å². The third kappa shape index (κ3) is 3.01. The standard InChI is InChI=1S/C13H11N5O4S/c1-23(21,22)13-14-6-10-7-15-17(12(10)16-13)8-9-2-4-11(5-3-9)18(19)20/h2-7H,8H2,1H3. The number of hydrogen-bond acceptors (Lipinski definition) is 7. The summed E-state index contributed by atoms with van der Waals surface area (Å²) in [4.78, 5) is 18.0. The fourth-order valence-corrected chi connectivity index (χ4v) is 2.54. The van der Waals surface area contributed by atoms with E-state index >= 15 is 0 Å². The van der Waals surface area contributed by atoms with Crippen molar-refractivity contribution in [3.05, 3.63) is 52.3 Å². The van der Waals surface area contributed by atoms with E-state index < -0.39 is 14.8 Å². The molecule has 0 bridgehead atoms. The molecule has 2 aromatic heterocycles. The summed E-state index contributed by atoms with van der Waals surface area (Å²) in [5, 5.41) is 15.1. The lowest BCUT2D eigenvalue weighted by Gasteiger charge is -2.04. The van der Waals surface area contributed by atoms with Crippen LogP contribution in [0.4, 0.5) is 5.69 Å². The number of nitro benzene ring substituents is 1. The molecule has 3 aromatic rings. The van der Waals surface area contributed by atoms with Gasteiger partial charge in [-0.15, -0.1) is 0 Å². The number of hydrogen-bond donors (Lipinski definition) is 0. The van der Waals surface area contributed by atoms with Crippen molar-refractivity contribution in [3.8, 4) is 0 Å². The molecular formula is C13H11N5O4S. The zero-order valence-corrected chi connectivity index (χ0v) is 12.8. The lowest BCUT2D eigenvalue weighted by Crippen LogP contribution is -2.07. The Morgan fingerprint density at radius 2 is 1.91 bits per heavy atom. The first-order valence-electron chi connectivity index (χ1n) is 6.46. The van der Waals surface area contributed by atoms with E-state index in [4.69, 9.17) is 0 Å². The van der Waals surface area contributed by atoms with Crippen LogP contribution in [0.2, 0.25) is 0 Å². The number of nitro groups is 1. The minimum Gasteiger partial charge on any atom is -0.258 e. The van der Waals surface area contributed by atoms with Crippen LogP contribution < -0.4 is 0 Å². The summed E-state index contributed by atoms with van der Waals surface area (Å²) >= 11 is 0. The Kier molecular flexibility index (Phi) is 3.52. The van der Waals surface area contributed by atoms with Crippen LogP contribution in [0.1, 0.15) is 5.56 Å². The second-order valence-electron chi connectivity index (χ2n) is 4.93. The van der Waals surface area contributed by atoms with Gasteiger partial charge in [0, 0.05) is 24.6 Å². The van der Waals surface area contributed by atoms with Crippen molar-refractivity contribution < 1.29 is 13.3 Å². The predicted molar refractivity (Wildman–Crippen MR) is 80.6 cm³/mol. The van der Waals surface area contributed by atoms with Gasteiger partial charge in [-0.05, 0) is 5.56 Å². The minimum absolute atomic E-state index is 0.000705. The minimum atomic E-state index is -3.52. The molecule has 0 atom stereocenters. The van der Waals surface area contributed by atoms with E-state index in [-0.39, 0.29) is 10.8 Å². The van der Waals surface area contributed by atoms with Gasteiger partial charge in [-0.2, -0.15) is 10.1 Å². The van der Waals surface area contributed by atoms with Gasteiger partial charge in [0.25, 0.3) is 5.69 Å². The highest BCUT2D eigenvalue weighted by molar-refractivity contribution is 7.90. The molecule has 0 aliphatic heterocycles. The van der Waals surface area contributed by atoms with Crippen LogP contribution in [0.15, 0.2) is 41.8 Å². The summed E-state index contributed by atoms with van der Waals surface area (Å²) < 4.78 is 24.6. The molecule has 3 rings (SSSR count). The Balaban J connectivity index is 1.98. The molecular weight excluding hydrogens is 322 g/mol. The molecule has 9 nitrogen and oxygen atoms in total. The highest BCUT2D eigenvalue weighted by Gasteiger charge is 2.14. The zero-order valence-electron chi connectivity index (χ0n) is 11.9. The molecule has 0 N–H and O–H groups in total. The number of sulfone groups is 1. The van der Waals surface area contributed by atoms with E-state index in [1.54, 1.807) is 12.1 Å². The first-order chi connectivity index (χ1) is 10.8. The van der Waals surface area contributed by atoms with Gasteiger partial charge in [0.1, 0.15) is 0 Å². The van der Waals surface area contributed by atoms with Crippen LogP contribution in [0, 0.1) is 10.1 Å². The van der Waals surface area contributed by atoms with Gasteiger partial charge in [0.2, 0.25) is 15.0 Å². The third-order valence-electron chi connectivity index (χ3n) is 3.17. The first kappa shape index (κ1) is 15.0. The normalized spacial score (nSPS) is 11.7. The molecule has 0 fully saturated rings. The highest BCUT2D eigenvalue weighted by atomic mass is 32.2. The smallest absolute Gasteiger partial charge is 0.258 e. The monoisotopic (exact) mass is 333 g/mol. The summed E-state index contributed by atoms with van der Waals surface area (Å²) in [5.74, 6) is 0. The summed E-state index contributed by atoms with van der Waals surface area (Å²) in [6, 6.07) is 6.03. The van der Waals surface area contributed by atoms with Crippen LogP contribution in [-0.4, -0.2) is 39.3 Å². The van der Waals surface area contributed by atoms with Crippen molar-refractivity contribution in [2.24, 2.45) is 0 Å². The van der Waals surface area contributed by atoms with Gasteiger partial charge < -0.3 is 0 Å². The highest BCUT2D eigenvalue weighted by Crippen LogP contribution is 2.16. The van der Waals surface area contributed by atoms with Crippen LogP contribution in [0.5, 0.6) is 0 Å². The molecule has 0 aliphatic carbocycles. The Morgan fingerprint density at radius 1 is 1.22 bits per heavy atom. The molecule has 1 aromatic carbocycles. The average Bonchev–Trinajstić information content (AvgIpc) is 2.89. The van der Waals surface area contributed by atoms with Crippen molar-refractivity contribution in [2.75, 3.05) is 6.26 Å². The van der Waals surface area contributed by atoms with Gasteiger partial charge in [-0.1, -0.05) is 12.1 Å². The molecule has 23 heavy (non-hydrogen) atoms. The summed E-state index contributed by atoms with van der Waals surface area (Å²) in [6.45, 7) is 0.307. The van der Waals surface area contributed by atoms with E-state index in [1.807, 2.05) is 0 Å². The SMILES string of the molecule is CS(=O)(=O)c1ncc2cnn(Cc3ccc([N+](=O)[O-])cc3)c2n1. The average molecular weight is 333 g/mol. The lowest BCUT2D eigenvalue weighted by atomic mass is 10.2. The molecule has 0 saturated carbocycles. The van der Waals surface area contributed by atoms with Crippen LogP contribution in [0.3, 0.4) is 0 Å². The Hall–Kier alpha value is -2.88. The van der Waals surface area contributed by atoms with Crippen molar-refractivity contribution >= 4 is 26.6 Å². The van der Waals surface area contributed by atoms with Gasteiger partial charge in [0.05, 0.1) is 23.1 Å². The number of fused-ring (bicyclic) bond motifs is 1. The van der Waals surface area contributed by atoms with E-state index in [0.29, 0.717) is 17.6 Å². The zero-order chi connectivity index (χ0) is 16.6. The molecule has 0 aliphatic rings. The number of non-ortho nitro benzene ring substituents is 1. The van der Waals surface area contributed by atoms with Crippen molar-refractivity contribution in [2.45, 2.75) is 11.7 Å². The molecule has 10 heteroatoms. The second-order valence-corrected chi connectivity index (χ2v) is 6.84. The van der Waals surface area contributed by atoms with E-state index in [9.17, 15) is 18.5 Å². The quantitative estimate of drug-likeness (QED) is 0.399. The third-order valence-corrected chi connectivity index (χ3v) is 4.03. The molecule has 0 unspecified atom stereocenters. The Morgan fingerprint density at radius 3 is 2.52 bits per heavy atom. The van der Waals surface area contributed by atoms with Crippen LogP contribution in [-0.2, 0) is 16.4 Å². The fraction of sp³-hybridized carbons (Fsp3) is 0.154.